The Morgan fingerprint density at radius 1 is 1.50 bits per heavy atom. The van der Waals surface area contributed by atoms with Crippen molar-refractivity contribution in [1.82, 2.24) is 0 Å². The molecule has 44 valence electrons. The van der Waals surface area contributed by atoms with Gasteiger partial charge in [0.15, 0.2) is 5.78 Å². The molecule has 0 saturated heterocycles. The fourth-order valence-electron chi connectivity index (χ4n) is 0.166. The quantitative estimate of drug-likeness (QED) is 0.502. The van der Waals surface area contributed by atoms with Gasteiger partial charge in [0.25, 0.3) is 6.08 Å². The summed E-state index contributed by atoms with van der Waals surface area (Å²) in [7, 11) is 0. The lowest BCUT2D eigenvalue weighted by atomic mass is 10.4. The first kappa shape index (κ1) is 7.01. The molecule has 0 aromatic rings. The minimum absolute atomic E-state index is 0.215. The summed E-state index contributed by atoms with van der Waals surface area (Å²) in [5.41, 5.74) is 0. The summed E-state index contributed by atoms with van der Waals surface area (Å²) in [6.45, 7) is 2.99. The van der Waals surface area contributed by atoms with Gasteiger partial charge in [-0.1, -0.05) is 6.58 Å². The maximum atomic E-state index is 11.1. The van der Waals surface area contributed by atoms with Gasteiger partial charge in [0, 0.05) is 0 Å². The third-order valence-corrected chi connectivity index (χ3v) is 0.453. The van der Waals surface area contributed by atoms with E-state index in [4.69, 9.17) is 0 Å². The lowest BCUT2D eigenvalue weighted by Crippen LogP contribution is -1.82. The van der Waals surface area contributed by atoms with Crippen molar-refractivity contribution >= 4 is 5.78 Å². The average molecular weight is 118 g/mol. The van der Waals surface area contributed by atoms with Crippen LogP contribution in [0.1, 0.15) is 0 Å². The predicted octanol–water partition coefficient (Wildman–Crippen LogP) is 1.52. The van der Waals surface area contributed by atoms with E-state index in [1.165, 1.54) is 0 Å². The second-order valence-corrected chi connectivity index (χ2v) is 1.04. The molecule has 0 atom stereocenters. The fraction of sp³-hybridized carbons (Fsp3) is 0. The monoisotopic (exact) mass is 118 g/mol. The number of hydrogen-bond donors (Lipinski definition) is 0. The van der Waals surface area contributed by atoms with Gasteiger partial charge in [-0.05, 0) is 6.08 Å². The van der Waals surface area contributed by atoms with Gasteiger partial charge < -0.3 is 0 Å². The van der Waals surface area contributed by atoms with Crippen molar-refractivity contribution in [2.75, 3.05) is 0 Å². The van der Waals surface area contributed by atoms with E-state index in [2.05, 4.69) is 6.58 Å². The first-order valence-corrected chi connectivity index (χ1v) is 1.86. The molecule has 0 radical (unpaired) electrons. The molecule has 0 saturated carbocycles. The highest BCUT2D eigenvalue weighted by Crippen LogP contribution is 1.95. The highest BCUT2D eigenvalue weighted by molar-refractivity contribution is 5.98. The van der Waals surface area contributed by atoms with Crippen molar-refractivity contribution in [3.63, 3.8) is 0 Å². The fourth-order valence-corrected chi connectivity index (χ4v) is 0.166. The molecule has 8 heavy (non-hydrogen) atoms. The van der Waals surface area contributed by atoms with E-state index >= 15 is 0 Å². The zero-order valence-electron chi connectivity index (χ0n) is 4.03. The van der Waals surface area contributed by atoms with Crippen molar-refractivity contribution < 1.29 is 13.6 Å². The highest BCUT2D eigenvalue weighted by Gasteiger charge is 1.91. The molecule has 0 amide bonds. The number of hydrogen-bond acceptors (Lipinski definition) is 1. The number of allylic oxidation sites excluding steroid dienone is 2. The Bertz CT molecular complexity index is 133. The summed E-state index contributed by atoms with van der Waals surface area (Å²) in [6, 6.07) is 0. The number of halogens is 2. The minimum atomic E-state index is -1.99. The summed E-state index contributed by atoms with van der Waals surface area (Å²) < 4.78 is 22.1. The standard InChI is InChI=1S/C5H4F2O/c1-2-4(8)3-5(6)7/h2-3H,1H2. The van der Waals surface area contributed by atoms with Gasteiger partial charge in [0.1, 0.15) is 0 Å². The van der Waals surface area contributed by atoms with Gasteiger partial charge in [-0.2, -0.15) is 8.78 Å². The molecule has 0 bridgehead atoms. The summed E-state index contributed by atoms with van der Waals surface area (Å²) in [4.78, 5) is 9.95. The molecule has 0 aliphatic heterocycles. The van der Waals surface area contributed by atoms with Crippen molar-refractivity contribution in [2.45, 2.75) is 0 Å². The van der Waals surface area contributed by atoms with Crippen LogP contribution in [-0.2, 0) is 4.79 Å². The van der Waals surface area contributed by atoms with Crippen LogP contribution < -0.4 is 0 Å². The molecule has 3 heteroatoms. The predicted molar refractivity (Wildman–Crippen MR) is 25.5 cm³/mol. The van der Waals surface area contributed by atoms with Crippen LogP contribution >= 0.6 is 0 Å². The Morgan fingerprint density at radius 3 is 2.12 bits per heavy atom. The van der Waals surface area contributed by atoms with Gasteiger partial charge in [0.05, 0.1) is 6.08 Å². The molecule has 0 heterocycles. The van der Waals surface area contributed by atoms with E-state index in [0.29, 0.717) is 0 Å². The molecular formula is C5H4F2O. The van der Waals surface area contributed by atoms with Gasteiger partial charge in [-0.15, -0.1) is 0 Å². The SMILES string of the molecule is C=CC(=O)C=C(F)F. The topological polar surface area (TPSA) is 17.1 Å². The van der Waals surface area contributed by atoms with Crippen LogP contribution in [0.25, 0.3) is 0 Å². The number of rotatable bonds is 2. The van der Waals surface area contributed by atoms with Crippen LogP contribution in [-0.4, -0.2) is 5.78 Å². The minimum Gasteiger partial charge on any atom is -0.290 e. The van der Waals surface area contributed by atoms with Crippen molar-refractivity contribution in [2.24, 2.45) is 0 Å². The van der Waals surface area contributed by atoms with E-state index in [1.807, 2.05) is 0 Å². The molecule has 0 spiro atoms. The number of carbonyl (C=O) groups excluding carboxylic acids is 1. The summed E-state index contributed by atoms with van der Waals surface area (Å²) in [6.07, 6.45) is -0.957. The molecule has 0 fully saturated rings. The van der Waals surface area contributed by atoms with Crippen LogP contribution in [0.4, 0.5) is 8.78 Å². The molecule has 0 rings (SSSR count). The van der Waals surface area contributed by atoms with E-state index in [9.17, 15) is 13.6 Å². The zero-order valence-corrected chi connectivity index (χ0v) is 4.03. The summed E-state index contributed by atoms with van der Waals surface area (Å²) in [5.74, 6) is -0.773. The Morgan fingerprint density at radius 2 is 2.00 bits per heavy atom. The van der Waals surface area contributed by atoms with Crippen LogP contribution in [0, 0.1) is 0 Å². The van der Waals surface area contributed by atoms with Crippen LogP contribution in [0.3, 0.4) is 0 Å². The smallest absolute Gasteiger partial charge is 0.274 e. The Labute approximate surface area is 45.3 Å². The van der Waals surface area contributed by atoms with Crippen molar-refractivity contribution in [1.29, 1.82) is 0 Å². The lowest BCUT2D eigenvalue weighted by molar-refractivity contribution is -0.110. The first-order chi connectivity index (χ1) is 3.66. The number of carbonyl (C=O) groups is 1. The zero-order chi connectivity index (χ0) is 6.57. The molecule has 0 aliphatic carbocycles. The van der Waals surface area contributed by atoms with E-state index < -0.39 is 11.9 Å². The van der Waals surface area contributed by atoms with E-state index in [-0.39, 0.29) is 6.08 Å². The largest absolute Gasteiger partial charge is 0.290 e. The Hall–Kier alpha value is -0.990. The molecule has 0 unspecified atom stereocenters. The van der Waals surface area contributed by atoms with Gasteiger partial charge in [0.2, 0.25) is 0 Å². The second kappa shape index (κ2) is 3.07. The van der Waals surface area contributed by atoms with Crippen LogP contribution in [0.2, 0.25) is 0 Å². The Kier molecular flexibility index (Phi) is 2.69. The molecule has 1 nitrogen and oxygen atoms in total. The van der Waals surface area contributed by atoms with Crippen LogP contribution in [0.15, 0.2) is 24.8 Å². The average Bonchev–Trinajstić information content (AvgIpc) is 1.65. The Balaban J connectivity index is 3.89. The molecule has 0 aliphatic rings. The summed E-state index contributed by atoms with van der Waals surface area (Å²) >= 11 is 0. The van der Waals surface area contributed by atoms with Crippen LogP contribution in [0.5, 0.6) is 0 Å². The molecule has 0 N–H and O–H groups in total. The molecular weight excluding hydrogens is 114 g/mol. The maximum absolute atomic E-state index is 11.1. The highest BCUT2D eigenvalue weighted by atomic mass is 19.3. The molecule has 0 aromatic carbocycles. The van der Waals surface area contributed by atoms with Crippen molar-refractivity contribution in [3.8, 4) is 0 Å². The van der Waals surface area contributed by atoms with Gasteiger partial charge in [-0.3, -0.25) is 4.79 Å². The maximum Gasteiger partial charge on any atom is 0.274 e. The van der Waals surface area contributed by atoms with Crippen molar-refractivity contribution in [3.05, 3.63) is 24.8 Å². The molecule has 0 aromatic heterocycles. The first-order valence-electron chi connectivity index (χ1n) is 1.86. The third-order valence-electron chi connectivity index (χ3n) is 0.453. The lowest BCUT2D eigenvalue weighted by Gasteiger charge is -1.75. The second-order valence-electron chi connectivity index (χ2n) is 1.04. The van der Waals surface area contributed by atoms with E-state index in [1.54, 1.807) is 0 Å². The normalized spacial score (nSPS) is 7.75. The number of ketones is 1. The van der Waals surface area contributed by atoms with Gasteiger partial charge >= 0.3 is 0 Å². The third kappa shape index (κ3) is 3.21. The van der Waals surface area contributed by atoms with E-state index in [0.717, 1.165) is 6.08 Å². The summed E-state index contributed by atoms with van der Waals surface area (Å²) in [5, 5.41) is 0. The van der Waals surface area contributed by atoms with Gasteiger partial charge in [-0.25, -0.2) is 0 Å².